The molecule has 1 saturated heterocycles. The molecule has 0 atom stereocenters. The molecule has 0 amide bonds. The lowest BCUT2D eigenvalue weighted by Gasteiger charge is -2.26. The Morgan fingerprint density at radius 2 is 2.20 bits per heavy atom. The monoisotopic (exact) mass is 366 g/mol. The van der Waals surface area contributed by atoms with Crippen LogP contribution in [0.3, 0.4) is 0 Å². The van der Waals surface area contributed by atoms with Crippen LogP contribution in [0.15, 0.2) is 23.3 Å². The van der Waals surface area contributed by atoms with Crippen molar-refractivity contribution in [1.29, 1.82) is 0 Å². The molecule has 7 nitrogen and oxygen atoms in total. The number of hydrogen-bond acceptors (Lipinski definition) is 6. The summed E-state index contributed by atoms with van der Waals surface area (Å²) in [5.41, 5.74) is 3.65. The second-order valence-corrected chi connectivity index (χ2v) is 5.80. The fourth-order valence-electron chi connectivity index (χ4n) is 2.45. The smallest absolute Gasteiger partial charge is 0.187 e. The molecule has 138 valence electrons. The number of methoxy groups -OCH3 is 1. The number of morpholine rings is 1. The van der Waals surface area contributed by atoms with Crippen molar-refractivity contribution in [3.63, 3.8) is 0 Å². The first kappa shape index (κ1) is 19.4. The van der Waals surface area contributed by atoms with Crippen molar-refractivity contribution in [2.24, 2.45) is 5.10 Å². The normalized spacial score (nSPS) is 15.1. The van der Waals surface area contributed by atoms with E-state index in [1.165, 1.54) is 0 Å². The number of para-hydroxylation sites is 1. The zero-order valence-corrected chi connectivity index (χ0v) is 15.6. The van der Waals surface area contributed by atoms with Gasteiger partial charge in [0, 0.05) is 31.7 Å². The largest absolute Gasteiger partial charge is 0.493 e. The maximum Gasteiger partial charge on any atom is 0.187 e. The minimum Gasteiger partial charge on any atom is -0.493 e. The average molecular weight is 366 g/mol. The predicted molar refractivity (Wildman–Crippen MR) is 103 cm³/mol. The van der Waals surface area contributed by atoms with E-state index in [2.05, 4.69) is 20.7 Å². The third-order valence-corrected chi connectivity index (χ3v) is 3.94. The first-order valence-corrected chi connectivity index (χ1v) is 8.82. The van der Waals surface area contributed by atoms with Crippen molar-refractivity contribution in [3.8, 4) is 11.5 Å². The van der Waals surface area contributed by atoms with Gasteiger partial charge in [-0.3, -0.25) is 10.3 Å². The lowest BCUT2D eigenvalue weighted by molar-refractivity contribution is 0.0389. The van der Waals surface area contributed by atoms with Gasteiger partial charge in [-0.05, 0) is 31.3 Å². The van der Waals surface area contributed by atoms with Crippen LogP contribution >= 0.6 is 12.2 Å². The van der Waals surface area contributed by atoms with E-state index in [-0.39, 0.29) is 0 Å². The molecule has 0 radical (unpaired) electrons. The van der Waals surface area contributed by atoms with Gasteiger partial charge in [0.15, 0.2) is 16.6 Å². The first-order chi connectivity index (χ1) is 12.2. The average Bonchev–Trinajstić information content (AvgIpc) is 2.64. The molecule has 0 unspecified atom stereocenters. The van der Waals surface area contributed by atoms with Crippen LogP contribution in [0.1, 0.15) is 12.5 Å². The molecule has 0 saturated carbocycles. The zero-order chi connectivity index (χ0) is 17.9. The highest BCUT2D eigenvalue weighted by Crippen LogP contribution is 2.29. The fraction of sp³-hybridized carbons (Fsp3) is 0.529. The lowest BCUT2D eigenvalue weighted by atomic mass is 10.2. The van der Waals surface area contributed by atoms with Crippen molar-refractivity contribution >= 4 is 23.5 Å². The summed E-state index contributed by atoms with van der Waals surface area (Å²) in [6, 6.07) is 5.66. The highest BCUT2D eigenvalue weighted by Gasteiger charge is 2.10. The Kier molecular flexibility index (Phi) is 8.44. The van der Waals surface area contributed by atoms with Crippen LogP contribution in [0.2, 0.25) is 0 Å². The van der Waals surface area contributed by atoms with Gasteiger partial charge in [0.1, 0.15) is 0 Å². The van der Waals surface area contributed by atoms with Crippen molar-refractivity contribution in [2.75, 3.05) is 53.1 Å². The second-order valence-electron chi connectivity index (χ2n) is 5.39. The van der Waals surface area contributed by atoms with Crippen LogP contribution in [0.5, 0.6) is 11.5 Å². The summed E-state index contributed by atoms with van der Waals surface area (Å²) in [7, 11) is 1.62. The molecule has 1 fully saturated rings. The number of thiocarbonyl (C=S) groups is 1. The number of benzene rings is 1. The molecule has 1 aromatic rings. The van der Waals surface area contributed by atoms with E-state index in [0.29, 0.717) is 23.2 Å². The third-order valence-electron chi connectivity index (χ3n) is 3.70. The Morgan fingerprint density at radius 1 is 1.40 bits per heavy atom. The molecule has 0 spiro atoms. The van der Waals surface area contributed by atoms with Gasteiger partial charge in [0.05, 0.1) is 33.1 Å². The topological polar surface area (TPSA) is 67.4 Å². The maximum absolute atomic E-state index is 5.64. The molecule has 1 aromatic carbocycles. The SMILES string of the molecule is CCOc1c(/C=N/NC(=S)NCCN2CCOCC2)cccc1OC. The molecule has 8 heteroatoms. The molecule has 2 N–H and O–H groups in total. The minimum atomic E-state index is 0.491. The van der Waals surface area contributed by atoms with E-state index in [0.717, 1.165) is 45.0 Å². The van der Waals surface area contributed by atoms with Gasteiger partial charge in [0.25, 0.3) is 0 Å². The second kappa shape index (κ2) is 10.9. The summed E-state index contributed by atoms with van der Waals surface area (Å²) in [6.07, 6.45) is 1.67. The van der Waals surface area contributed by atoms with Crippen molar-refractivity contribution in [3.05, 3.63) is 23.8 Å². The Morgan fingerprint density at radius 3 is 2.92 bits per heavy atom. The number of nitrogens with one attached hydrogen (secondary N) is 2. The van der Waals surface area contributed by atoms with Crippen molar-refractivity contribution in [1.82, 2.24) is 15.6 Å². The fourth-order valence-corrected chi connectivity index (χ4v) is 2.60. The van der Waals surface area contributed by atoms with Crippen LogP contribution in [0, 0.1) is 0 Å². The van der Waals surface area contributed by atoms with Crippen LogP contribution in [0.25, 0.3) is 0 Å². The predicted octanol–water partition coefficient (Wildman–Crippen LogP) is 1.22. The van der Waals surface area contributed by atoms with Gasteiger partial charge in [-0.15, -0.1) is 0 Å². The Hall–Kier alpha value is -1.90. The molecule has 25 heavy (non-hydrogen) atoms. The summed E-state index contributed by atoms with van der Waals surface area (Å²) in [6.45, 7) is 7.72. The van der Waals surface area contributed by atoms with E-state index in [4.69, 9.17) is 26.4 Å². The van der Waals surface area contributed by atoms with E-state index >= 15 is 0 Å². The van der Waals surface area contributed by atoms with Gasteiger partial charge in [-0.25, -0.2) is 0 Å². The van der Waals surface area contributed by atoms with Crippen LogP contribution in [-0.4, -0.2) is 69.3 Å². The van der Waals surface area contributed by atoms with Gasteiger partial charge in [0.2, 0.25) is 0 Å². The molecule has 1 aliphatic rings. The summed E-state index contributed by atoms with van der Waals surface area (Å²) in [5, 5.41) is 7.82. The standard InChI is InChI=1S/C17H26N4O3S/c1-3-24-16-14(5-4-6-15(16)22-2)13-19-20-17(25)18-7-8-21-9-11-23-12-10-21/h4-6,13H,3,7-12H2,1-2H3,(H2,18,20,25)/b19-13+. The summed E-state index contributed by atoms with van der Waals surface area (Å²) >= 11 is 5.23. The van der Waals surface area contributed by atoms with E-state index < -0.39 is 0 Å². The third kappa shape index (κ3) is 6.49. The van der Waals surface area contributed by atoms with E-state index in [1.807, 2.05) is 25.1 Å². The Bertz CT molecular complexity index is 577. The summed E-state index contributed by atoms with van der Waals surface area (Å²) < 4.78 is 16.3. The molecular weight excluding hydrogens is 340 g/mol. The number of hydrogen-bond donors (Lipinski definition) is 2. The highest BCUT2D eigenvalue weighted by molar-refractivity contribution is 7.80. The first-order valence-electron chi connectivity index (χ1n) is 8.41. The molecule has 1 aliphatic heterocycles. The van der Waals surface area contributed by atoms with Crippen LogP contribution < -0.4 is 20.2 Å². The van der Waals surface area contributed by atoms with Crippen LogP contribution in [0.4, 0.5) is 0 Å². The summed E-state index contributed by atoms with van der Waals surface area (Å²) in [4.78, 5) is 2.34. The van der Waals surface area contributed by atoms with Gasteiger partial charge < -0.3 is 19.5 Å². The maximum atomic E-state index is 5.64. The highest BCUT2D eigenvalue weighted by atomic mass is 32.1. The summed E-state index contributed by atoms with van der Waals surface area (Å²) in [5.74, 6) is 1.35. The molecule has 0 aliphatic carbocycles. The number of rotatable bonds is 8. The lowest BCUT2D eigenvalue weighted by Crippen LogP contribution is -2.42. The minimum absolute atomic E-state index is 0.491. The molecule has 2 rings (SSSR count). The Labute approximate surface area is 154 Å². The number of ether oxygens (including phenoxy) is 3. The van der Waals surface area contributed by atoms with Crippen molar-refractivity contribution < 1.29 is 14.2 Å². The van der Waals surface area contributed by atoms with Gasteiger partial charge in [-0.1, -0.05) is 6.07 Å². The molecule has 1 heterocycles. The Balaban J connectivity index is 1.78. The van der Waals surface area contributed by atoms with E-state index in [9.17, 15) is 0 Å². The van der Waals surface area contributed by atoms with Gasteiger partial charge >= 0.3 is 0 Å². The quantitative estimate of drug-likeness (QED) is 0.407. The zero-order valence-electron chi connectivity index (χ0n) is 14.8. The van der Waals surface area contributed by atoms with Gasteiger partial charge in [-0.2, -0.15) is 5.10 Å². The van der Waals surface area contributed by atoms with Crippen LogP contribution in [-0.2, 0) is 4.74 Å². The molecule has 0 bridgehead atoms. The number of nitrogens with zero attached hydrogens (tertiary/aromatic N) is 2. The van der Waals surface area contributed by atoms with Crippen molar-refractivity contribution in [2.45, 2.75) is 6.92 Å². The molecular formula is C17H26N4O3S. The van der Waals surface area contributed by atoms with E-state index in [1.54, 1.807) is 13.3 Å². The molecule has 0 aromatic heterocycles. The number of hydrazone groups is 1.